The van der Waals surface area contributed by atoms with Crippen LogP contribution in [0.1, 0.15) is 16.8 Å². The van der Waals surface area contributed by atoms with Gasteiger partial charge in [0.15, 0.2) is 9.84 Å². The Morgan fingerprint density at radius 1 is 1.47 bits per heavy atom. The molecule has 6 heteroatoms. The second-order valence-corrected chi connectivity index (χ2v) is 6.94. The van der Waals surface area contributed by atoms with Gasteiger partial charge in [0.1, 0.15) is 5.75 Å². The summed E-state index contributed by atoms with van der Waals surface area (Å²) in [6.07, 6.45) is 0.626. The molecule has 0 bridgehead atoms. The van der Waals surface area contributed by atoms with Gasteiger partial charge >= 0.3 is 0 Å². The largest absolute Gasteiger partial charge is 0.497 e. The number of hydrogen-bond donors (Lipinski definition) is 1. The molecule has 1 heterocycles. The molecular formula is C13H17NO4S. The monoisotopic (exact) mass is 283 g/mol. The molecule has 1 atom stereocenters. The van der Waals surface area contributed by atoms with Gasteiger partial charge in [-0.05, 0) is 30.5 Å². The van der Waals surface area contributed by atoms with Crippen LogP contribution in [0.15, 0.2) is 24.3 Å². The van der Waals surface area contributed by atoms with Crippen molar-refractivity contribution >= 4 is 15.7 Å². The number of sulfone groups is 1. The fraction of sp³-hybridized carbons (Fsp3) is 0.462. The molecule has 1 N–H and O–H groups in total. The number of benzene rings is 1. The van der Waals surface area contributed by atoms with E-state index in [2.05, 4.69) is 5.32 Å². The molecule has 0 unspecified atom stereocenters. The van der Waals surface area contributed by atoms with Gasteiger partial charge in [-0.25, -0.2) is 8.42 Å². The van der Waals surface area contributed by atoms with Crippen LogP contribution in [0.3, 0.4) is 0 Å². The van der Waals surface area contributed by atoms with E-state index in [-0.39, 0.29) is 23.3 Å². The summed E-state index contributed by atoms with van der Waals surface area (Å²) >= 11 is 0. The predicted octanol–water partition coefficient (Wildman–Crippen LogP) is 0.860. The second-order valence-electron chi connectivity index (χ2n) is 4.71. The fourth-order valence-electron chi connectivity index (χ4n) is 2.14. The molecule has 1 fully saturated rings. The van der Waals surface area contributed by atoms with Gasteiger partial charge < -0.3 is 10.1 Å². The Balaban J connectivity index is 1.91. The lowest BCUT2D eigenvalue weighted by Crippen LogP contribution is -2.29. The van der Waals surface area contributed by atoms with Gasteiger partial charge in [-0.3, -0.25) is 4.79 Å². The fourth-order valence-corrected chi connectivity index (χ4v) is 4.00. The first-order valence-electron chi connectivity index (χ1n) is 6.13. The molecular weight excluding hydrogens is 266 g/mol. The number of methoxy groups -OCH3 is 1. The first-order chi connectivity index (χ1) is 9.00. The SMILES string of the molecule is COc1cccc(C(=O)NC[C@@H]2CCS(=O)(=O)C2)c1. The smallest absolute Gasteiger partial charge is 0.251 e. The highest BCUT2D eigenvalue weighted by Crippen LogP contribution is 2.18. The molecule has 5 nitrogen and oxygen atoms in total. The predicted molar refractivity (Wildman–Crippen MR) is 72.1 cm³/mol. The summed E-state index contributed by atoms with van der Waals surface area (Å²) in [4.78, 5) is 11.9. The molecule has 1 aromatic rings. The van der Waals surface area contributed by atoms with Crippen LogP contribution in [0.5, 0.6) is 5.75 Å². The van der Waals surface area contributed by atoms with Crippen molar-refractivity contribution < 1.29 is 17.9 Å². The van der Waals surface area contributed by atoms with Crippen LogP contribution in [0.2, 0.25) is 0 Å². The molecule has 1 amide bonds. The van der Waals surface area contributed by atoms with Gasteiger partial charge in [-0.1, -0.05) is 6.07 Å². The number of carbonyl (C=O) groups excluding carboxylic acids is 1. The number of hydrogen-bond acceptors (Lipinski definition) is 4. The van der Waals surface area contributed by atoms with Crippen molar-refractivity contribution in [2.24, 2.45) is 5.92 Å². The molecule has 0 spiro atoms. The minimum absolute atomic E-state index is 0.0274. The van der Waals surface area contributed by atoms with Gasteiger partial charge in [-0.2, -0.15) is 0 Å². The van der Waals surface area contributed by atoms with Crippen LogP contribution >= 0.6 is 0 Å². The molecule has 1 aromatic carbocycles. The quantitative estimate of drug-likeness (QED) is 0.889. The van der Waals surface area contributed by atoms with Crippen LogP contribution in [-0.4, -0.2) is 39.5 Å². The van der Waals surface area contributed by atoms with Crippen LogP contribution in [-0.2, 0) is 9.84 Å². The molecule has 0 radical (unpaired) electrons. The maximum atomic E-state index is 11.9. The molecule has 0 aliphatic carbocycles. The van der Waals surface area contributed by atoms with Crippen LogP contribution < -0.4 is 10.1 Å². The zero-order valence-corrected chi connectivity index (χ0v) is 11.6. The van der Waals surface area contributed by atoms with E-state index in [1.54, 1.807) is 31.4 Å². The Bertz CT molecular complexity index is 568. The van der Waals surface area contributed by atoms with Gasteiger partial charge in [0.05, 0.1) is 18.6 Å². The van der Waals surface area contributed by atoms with Crippen LogP contribution in [0.25, 0.3) is 0 Å². The van der Waals surface area contributed by atoms with E-state index in [4.69, 9.17) is 4.74 Å². The normalized spacial score (nSPS) is 21.0. The van der Waals surface area contributed by atoms with Gasteiger partial charge in [0.25, 0.3) is 5.91 Å². The average Bonchev–Trinajstić information content (AvgIpc) is 2.75. The summed E-state index contributed by atoms with van der Waals surface area (Å²) < 4.78 is 27.7. The molecule has 0 saturated carbocycles. The topological polar surface area (TPSA) is 72.5 Å². The number of nitrogens with one attached hydrogen (secondary N) is 1. The van der Waals surface area contributed by atoms with Crippen LogP contribution in [0.4, 0.5) is 0 Å². The summed E-state index contributed by atoms with van der Waals surface area (Å²) in [5.74, 6) is 0.844. The van der Waals surface area contributed by atoms with E-state index in [0.717, 1.165) is 0 Å². The maximum Gasteiger partial charge on any atom is 0.251 e. The van der Waals surface area contributed by atoms with Crippen molar-refractivity contribution in [1.29, 1.82) is 0 Å². The number of ether oxygens (including phenoxy) is 1. The van der Waals surface area contributed by atoms with Gasteiger partial charge in [0.2, 0.25) is 0 Å². The van der Waals surface area contributed by atoms with E-state index in [0.29, 0.717) is 24.3 Å². The highest BCUT2D eigenvalue weighted by molar-refractivity contribution is 7.91. The van der Waals surface area contributed by atoms with Crippen LogP contribution in [0, 0.1) is 5.92 Å². The highest BCUT2D eigenvalue weighted by atomic mass is 32.2. The first kappa shape index (κ1) is 13.9. The van der Waals surface area contributed by atoms with Gasteiger partial charge in [0, 0.05) is 12.1 Å². The third-order valence-electron chi connectivity index (χ3n) is 3.21. The summed E-state index contributed by atoms with van der Waals surface area (Å²) in [5, 5.41) is 2.77. The lowest BCUT2D eigenvalue weighted by atomic mass is 10.1. The van der Waals surface area contributed by atoms with Crippen molar-refractivity contribution in [2.45, 2.75) is 6.42 Å². The van der Waals surface area contributed by atoms with E-state index in [1.807, 2.05) is 0 Å². The standard InChI is InChI=1S/C13H17NO4S/c1-18-12-4-2-3-11(7-12)13(15)14-8-10-5-6-19(16,17)9-10/h2-4,7,10H,5-6,8-9H2,1H3,(H,14,15)/t10-/m0/s1. The van der Waals surface area contributed by atoms with Crippen molar-refractivity contribution in [3.05, 3.63) is 29.8 Å². The third-order valence-corrected chi connectivity index (χ3v) is 5.05. The van der Waals surface area contributed by atoms with Crippen molar-refractivity contribution in [3.8, 4) is 5.75 Å². The molecule has 0 aromatic heterocycles. The number of rotatable bonds is 4. The Hall–Kier alpha value is -1.56. The number of carbonyl (C=O) groups is 1. The van der Waals surface area contributed by atoms with Crippen molar-refractivity contribution in [2.75, 3.05) is 25.2 Å². The molecule has 1 saturated heterocycles. The molecule has 1 aliphatic heterocycles. The minimum atomic E-state index is -2.89. The molecule has 1 aliphatic rings. The average molecular weight is 283 g/mol. The zero-order chi connectivity index (χ0) is 13.9. The lowest BCUT2D eigenvalue weighted by molar-refractivity contribution is 0.0948. The summed E-state index contributed by atoms with van der Waals surface area (Å²) in [6.45, 7) is 0.398. The van der Waals surface area contributed by atoms with Crippen molar-refractivity contribution in [1.82, 2.24) is 5.32 Å². The van der Waals surface area contributed by atoms with E-state index in [9.17, 15) is 13.2 Å². The summed E-state index contributed by atoms with van der Waals surface area (Å²) in [5.41, 5.74) is 0.514. The second kappa shape index (κ2) is 5.61. The molecule has 2 rings (SSSR count). The zero-order valence-electron chi connectivity index (χ0n) is 10.8. The molecule has 19 heavy (non-hydrogen) atoms. The van der Waals surface area contributed by atoms with Gasteiger partial charge in [-0.15, -0.1) is 0 Å². The maximum absolute atomic E-state index is 11.9. The Kier molecular flexibility index (Phi) is 4.09. The van der Waals surface area contributed by atoms with E-state index < -0.39 is 9.84 Å². The Morgan fingerprint density at radius 2 is 2.26 bits per heavy atom. The van der Waals surface area contributed by atoms with E-state index in [1.165, 1.54) is 0 Å². The lowest BCUT2D eigenvalue weighted by Gasteiger charge is -2.10. The minimum Gasteiger partial charge on any atom is -0.497 e. The van der Waals surface area contributed by atoms with E-state index >= 15 is 0 Å². The summed E-state index contributed by atoms with van der Waals surface area (Å²) in [7, 11) is -1.35. The summed E-state index contributed by atoms with van der Waals surface area (Å²) in [6, 6.07) is 6.86. The first-order valence-corrected chi connectivity index (χ1v) is 7.95. The third kappa shape index (κ3) is 3.70. The Labute approximate surface area is 112 Å². The highest BCUT2D eigenvalue weighted by Gasteiger charge is 2.27. The number of amides is 1. The van der Waals surface area contributed by atoms with Crippen molar-refractivity contribution in [3.63, 3.8) is 0 Å². The molecule has 104 valence electrons. The Morgan fingerprint density at radius 3 is 2.89 bits per heavy atom.